The number of Topliss-reactive ketones (excluding diaryl/α,β-unsaturated/α-hetero) is 1. The van der Waals surface area contributed by atoms with E-state index in [-0.39, 0.29) is 11.3 Å². The van der Waals surface area contributed by atoms with Crippen LogP contribution in [0.4, 0.5) is 0 Å². The molecule has 0 saturated heterocycles. The van der Waals surface area contributed by atoms with Crippen LogP contribution < -0.4 is 5.56 Å². The van der Waals surface area contributed by atoms with Crippen LogP contribution in [0.2, 0.25) is 0 Å². The van der Waals surface area contributed by atoms with Gasteiger partial charge >= 0.3 is 0 Å². The largest absolute Gasteiger partial charge is 0.356 e. The van der Waals surface area contributed by atoms with Crippen LogP contribution >= 0.6 is 0 Å². The summed E-state index contributed by atoms with van der Waals surface area (Å²) in [5.74, 6) is 3.16. The van der Waals surface area contributed by atoms with Crippen molar-refractivity contribution < 1.29 is 4.79 Å². The molecule has 3 aromatic heterocycles. The molecule has 0 aliphatic heterocycles. The van der Waals surface area contributed by atoms with Crippen molar-refractivity contribution in [3.63, 3.8) is 0 Å². The molecular formula is C26H29N5O2. The Morgan fingerprint density at radius 1 is 1.12 bits per heavy atom. The van der Waals surface area contributed by atoms with Gasteiger partial charge in [0.2, 0.25) is 0 Å². The van der Waals surface area contributed by atoms with Crippen molar-refractivity contribution in [2.45, 2.75) is 51.4 Å². The first-order chi connectivity index (χ1) is 15.9. The van der Waals surface area contributed by atoms with E-state index >= 15 is 0 Å². The minimum Gasteiger partial charge on any atom is -0.356 e. The fourth-order valence-electron chi connectivity index (χ4n) is 4.81. The maximum Gasteiger partial charge on any atom is 0.279 e. The number of para-hydroxylation sites is 1. The van der Waals surface area contributed by atoms with Crippen molar-refractivity contribution in [2.24, 2.45) is 13.0 Å². The fraction of sp³-hybridized carbons (Fsp3) is 0.385. The van der Waals surface area contributed by atoms with E-state index in [0.717, 1.165) is 41.2 Å². The quantitative estimate of drug-likeness (QED) is 0.462. The first-order valence-electron chi connectivity index (χ1n) is 11.6. The topological polar surface area (TPSA) is 85.6 Å². The van der Waals surface area contributed by atoms with Crippen molar-refractivity contribution >= 4 is 16.7 Å². The van der Waals surface area contributed by atoms with Crippen LogP contribution in [0.5, 0.6) is 0 Å². The summed E-state index contributed by atoms with van der Waals surface area (Å²) in [6, 6.07) is 9.59. The van der Waals surface area contributed by atoms with Gasteiger partial charge in [-0.25, -0.2) is 0 Å². The average Bonchev–Trinajstić information content (AvgIpc) is 3.38. The van der Waals surface area contributed by atoms with Crippen LogP contribution in [0.3, 0.4) is 0 Å². The monoisotopic (exact) mass is 443 g/mol. The molecule has 6 rings (SSSR count). The number of carbonyl (C=O) groups excluding carboxylic acids is 1. The third-order valence-corrected chi connectivity index (χ3v) is 6.79. The Balaban J connectivity index is 0.000000174. The number of ketones is 1. The molecule has 3 heterocycles. The molecule has 33 heavy (non-hydrogen) atoms. The van der Waals surface area contributed by atoms with E-state index in [2.05, 4.69) is 22.1 Å². The predicted octanol–water partition coefficient (Wildman–Crippen LogP) is 4.73. The van der Waals surface area contributed by atoms with E-state index in [0.29, 0.717) is 22.9 Å². The van der Waals surface area contributed by atoms with Gasteiger partial charge in [0.25, 0.3) is 5.56 Å². The summed E-state index contributed by atoms with van der Waals surface area (Å²) >= 11 is 0. The molecular weight excluding hydrogens is 414 g/mol. The number of fused-ring (bicyclic) bond motifs is 1. The lowest BCUT2D eigenvalue weighted by atomic mass is 9.76. The highest BCUT2D eigenvalue weighted by molar-refractivity contribution is 6.08. The number of aryl methyl sites for hydroxylation is 1. The molecule has 2 aliphatic rings. The van der Waals surface area contributed by atoms with Crippen LogP contribution in [0, 0.1) is 5.92 Å². The smallest absolute Gasteiger partial charge is 0.279 e. The lowest BCUT2D eigenvalue weighted by Crippen LogP contribution is -2.21. The molecule has 0 unspecified atom stereocenters. The predicted molar refractivity (Wildman–Crippen MR) is 128 cm³/mol. The minimum absolute atomic E-state index is 0.00925. The van der Waals surface area contributed by atoms with Crippen molar-refractivity contribution in [2.75, 3.05) is 0 Å². The van der Waals surface area contributed by atoms with Gasteiger partial charge in [0.05, 0.1) is 0 Å². The molecule has 2 fully saturated rings. The maximum absolute atomic E-state index is 12.8. The highest BCUT2D eigenvalue weighted by Crippen LogP contribution is 2.43. The van der Waals surface area contributed by atoms with Gasteiger partial charge in [-0.3, -0.25) is 14.2 Å². The number of nitrogens with zero attached hydrogens (tertiary/aromatic N) is 4. The SMILES string of the molecule is CC(=O)c1c[nH]c2c(=O)n(-c3ccccc3)cc(C3CC3)c12.CC1CC(c2nncn2C)C1. The van der Waals surface area contributed by atoms with Gasteiger partial charge in [0.1, 0.15) is 17.7 Å². The Kier molecular flexibility index (Phi) is 5.48. The summed E-state index contributed by atoms with van der Waals surface area (Å²) in [4.78, 5) is 27.7. The van der Waals surface area contributed by atoms with E-state index in [1.54, 1.807) is 24.0 Å². The number of hydrogen-bond acceptors (Lipinski definition) is 4. The number of rotatable bonds is 4. The van der Waals surface area contributed by atoms with Crippen LogP contribution in [-0.2, 0) is 7.05 Å². The number of carbonyl (C=O) groups is 1. The molecule has 4 aromatic rings. The van der Waals surface area contributed by atoms with Crippen molar-refractivity contribution in [3.8, 4) is 5.69 Å². The highest BCUT2D eigenvalue weighted by atomic mass is 16.1. The molecule has 170 valence electrons. The van der Waals surface area contributed by atoms with Crippen LogP contribution in [0.1, 0.15) is 73.1 Å². The fourth-order valence-corrected chi connectivity index (χ4v) is 4.81. The number of hydrogen-bond donors (Lipinski definition) is 1. The zero-order valence-corrected chi connectivity index (χ0v) is 19.3. The number of aromatic amines is 1. The molecule has 0 spiro atoms. The van der Waals surface area contributed by atoms with Gasteiger partial charge < -0.3 is 9.55 Å². The van der Waals surface area contributed by atoms with E-state index in [1.807, 2.05) is 48.1 Å². The summed E-state index contributed by atoms with van der Waals surface area (Å²) in [6.07, 6.45) is 10.2. The molecule has 7 nitrogen and oxygen atoms in total. The summed E-state index contributed by atoms with van der Waals surface area (Å²) in [7, 11) is 2.01. The Morgan fingerprint density at radius 3 is 2.42 bits per heavy atom. The third-order valence-electron chi connectivity index (χ3n) is 6.79. The van der Waals surface area contributed by atoms with Crippen molar-refractivity contribution in [3.05, 3.63) is 76.4 Å². The van der Waals surface area contributed by atoms with Crippen molar-refractivity contribution in [1.82, 2.24) is 24.3 Å². The van der Waals surface area contributed by atoms with Crippen LogP contribution in [-0.4, -0.2) is 30.1 Å². The second kappa shape index (κ2) is 8.46. The average molecular weight is 444 g/mol. The molecule has 0 radical (unpaired) electrons. The minimum atomic E-state index is -0.113. The Hall–Kier alpha value is -3.48. The molecule has 7 heteroatoms. The van der Waals surface area contributed by atoms with E-state index < -0.39 is 0 Å². The molecule has 0 amide bonds. The highest BCUT2D eigenvalue weighted by Gasteiger charge is 2.30. The Morgan fingerprint density at radius 2 is 1.85 bits per heavy atom. The van der Waals surface area contributed by atoms with Gasteiger partial charge in [-0.05, 0) is 62.1 Å². The number of H-pyrrole nitrogens is 1. The normalized spacial score (nSPS) is 19.6. The zero-order valence-electron chi connectivity index (χ0n) is 19.3. The van der Waals surface area contributed by atoms with Gasteiger partial charge in [0, 0.05) is 42.0 Å². The van der Waals surface area contributed by atoms with Crippen molar-refractivity contribution in [1.29, 1.82) is 0 Å². The Bertz CT molecular complexity index is 1350. The van der Waals surface area contributed by atoms with E-state index in [9.17, 15) is 9.59 Å². The van der Waals surface area contributed by atoms with Gasteiger partial charge in [0.15, 0.2) is 5.78 Å². The van der Waals surface area contributed by atoms with E-state index in [4.69, 9.17) is 0 Å². The first-order valence-corrected chi connectivity index (χ1v) is 11.6. The molecule has 0 atom stereocenters. The standard InChI is InChI=1S/C18H16N2O2.C8H13N3/c1-11(21)14-9-19-17-16(14)15(12-7-8-12)10-20(18(17)22)13-5-3-2-4-6-13;1-6-3-7(4-6)8-10-9-5-11(8)2/h2-6,9-10,12,19H,7-8H2,1H3;5-7H,3-4H2,1-2H3. The second-order valence-corrected chi connectivity index (χ2v) is 9.45. The van der Waals surface area contributed by atoms with Gasteiger partial charge in [-0.2, -0.15) is 0 Å². The van der Waals surface area contributed by atoms with Gasteiger partial charge in [-0.15, -0.1) is 10.2 Å². The number of benzene rings is 1. The summed E-state index contributed by atoms with van der Waals surface area (Å²) in [5.41, 5.74) is 2.98. The molecule has 1 N–H and O–H groups in total. The lowest BCUT2D eigenvalue weighted by Gasteiger charge is -2.31. The number of nitrogens with one attached hydrogen (secondary N) is 1. The lowest BCUT2D eigenvalue weighted by molar-refractivity contribution is 0.101. The molecule has 2 saturated carbocycles. The molecule has 0 bridgehead atoms. The summed E-state index contributed by atoms with van der Waals surface area (Å²) < 4.78 is 3.70. The third kappa shape index (κ3) is 4.03. The number of aromatic nitrogens is 5. The van der Waals surface area contributed by atoms with Crippen LogP contribution in [0.15, 0.2) is 53.8 Å². The second-order valence-electron chi connectivity index (χ2n) is 9.45. The maximum atomic E-state index is 12.8. The molecule has 2 aliphatic carbocycles. The number of pyridine rings is 1. The Labute approximate surface area is 192 Å². The molecule has 1 aromatic carbocycles. The summed E-state index contributed by atoms with van der Waals surface area (Å²) in [5, 5.41) is 8.76. The first kappa shape index (κ1) is 21.4. The van der Waals surface area contributed by atoms with E-state index in [1.165, 1.54) is 12.8 Å². The zero-order chi connectivity index (χ0) is 23.1. The summed E-state index contributed by atoms with van der Waals surface area (Å²) in [6.45, 7) is 3.83. The van der Waals surface area contributed by atoms with Crippen LogP contribution in [0.25, 0.3) is 16.6 Å². The van der Waals surface area contributed by atoms with Gasteiger partial charge in [-0.1, -0.05) is 25.1 Å².